The van der Waals surface area contributed by atoms with Crippen LogP contribution in [0.2, 0.25) is 0 Å². The van der Waals surface area contributed by atoms with E-state index in [0.717, 1.165) is 17.3 Å². The molecule has 0 fully saturated rings. The summed E-state index contributed by atoms with van der Waals surface area (Å²) in [6.07, 6.45) is 0. The lowest BCUT2D eigenvalue weighted by Gasteiger charge is -2.08. The smallest absolute Gasteiger partial charge is 0.223 e. The summed E-state index contributed by atoms with van der Waals surface area (Å²) in [5.74, 6) is 0.0304. The minimum absolute atomic E-state index is 0.0127. The van der Waals surface area contributed by atoms with E-state index in [1.807, 2.05) is 38.1 Å². The maximum atomic E-state index is 13.7. The topological polar surface area (TPSA) is 35.0 Å². The van der Waals surface area contributed by atoms with Crippen LogP contribution < -0.4 is 4.74 Å². The fourth-order valence-electron chi connectivity index (χ4n) is 2.24. The number of halogens is 2. The summed E-state index contributed by atoms with van der Waals surface area (Å²) in [6.45, 7) is 3.79. The Morgan fingerprint density at radius 2 is 1.68 bits per heavy atom. The van der Waals surface area contributed by atoms with Crippen molar-refractivity contribution in [2.24, 2.45) is 0 Å². The first-order valence-corrected chi connectivity index (χ1v) is 8.66. The van der Waals surface area contributed by atoms with Crippen molar-refractivity contribution in [3.8, 4) is 11.6 Å². The number of aryl methyl sites for hydroxylation is 2. The molecule has 0 amide bonds. The van der Waals surface area contributed by atoms with Crippen molar-refractivity contribution < 1.29 is 13.5 Å². The summed E-state index contributed by atoms with van der Waals surface area (Å²) < 4.78 is 33.2. The van der Waals surface area contributed by atoms with Crippen LogP contribution in [0, 0.1) is 25.5 Å². The molecule has 25 heavy (non-hydrogen) atoms. The van der Waals surface area contributed by atoms with E-state index in [4.69, 9.17) is 4.74 Å². The van der Waals surface area contributed by atoms with Crippen LogP contribution in [-0.2, 0) is 5.75 Å². The van der Waals surface area contributed by atoms with E-state index in [2.05, 4.69) is 9.97 Å². The van der Waals surface area contributed by atoms with Crippen molar-refractivity contribution in [1.29, 1.82) is 0 Å². The molecular formula is C19H16F2N2OS. The van der Waals surface area contributed by atoms with E-state index in [1.54, 1.807) is 6.07 Å². The SMILES string of the molecule is Cc1cccc(Oc2cc(C)nc(SCc3c(F)cccc3F)n2)c1. The molecule has 0 unspecified atom stereocenters. The van der Waals surface area contributed by atoms with Crippen LogP contribution in [-0.4, -0.2) is 9.97 Å². The highest BCUT2D eigenvalue weighted by Gasteiger charge is 2.11. The molecule has 0 N–H and O–H groups in total. The molecule has 0 saturated heterocycles. The van der Waals surface area contributed by atoms with Gasteiger partial charge in [0, 0.05) is 23.1 Å². The van der Waals surface area contributed by atoms with Gasteiger partial charge in [-0.3, -0.25) is 0 Å². The molecule has 0 spiro atoms. The lowest BCUT2D eigenvalue weighted by atomic mass is 10.2. The van der Waals surface area contributed by atoms with Crippen molar-refractivity contribution >= 4 is 11.8 Å². The van der Waals surface area contributed by atoms with Crippen LogP contribution in [0.15, 0.2) is 53.7 Å². The van der Waals surface area contributed by atoms with Crippen molar-refractivity contribution in [2.75, 3.05) is 0 Å². The lowest BCUT2D eigenvalue weighted by molar-refractivity contribution is 0.454. The van der Waals surface area contributed by atoms with Gasteiger partial charge < -0.3 is 4.74 Å². The van der Waals surface area contributed by atoms with Crippen LogP contribution in [0.25, 0.3) is 0 Å². The molecule has 0 atom stereocenters. The largest absolute Gasteiger partial charge is 0.439 e. The molecule has 6 heteroatoms. The summed E-state index contributed by atoms with van der Waals surface area (Å²) >= 11 is 1.16. The Hall–Kier alpha value is -2.47. The van der Waals surface area contributed by atoms with Gasteiger partial charge >= 0.3 is 0 Å². The van der Waals surface area contributed by atoms with Crippen LogP contribution in [0.5, 0.6) is 11.6 Å². The van der Waals surface area contributed by atoms with Gasteiger partial charge in [0.2, 0.25) is 5.88 Å². The molecular weight excluding hydrogens is 342 g/mol. The molecule has 0 aliphatic carbocycles. The van der Waals surface area contributed by atoms with Crippen molar-refractivity contribution in [3.05, 3.63) is 77.0 Å². The predicted molar refractivity (Wildman–Crippen MR) is 93.9 cm³/mol. The van der Waals surface area contributed by atoms with E-state index < -0.39 is 11.6 Å². The molecule has 0 saturated carbocycles. The third-order valence-corrected chi connectivity index (χ3v) is 4.30. The Bertz CT molecular complexity index is 882. The Morgan fingerprint density at radius 1 is 0.960 bits per heavy atom. The highest BCUT2D eigenvalue weighted by atomic mass is 32.2. The first-order valence-electron chi connectivity index (χ1n) is 7.67. The zero-order chi connectivity index (χ0) is 17.8. The summed E-state index contributed by atoms with van der Waals surface area (Å²) in [4.78, 5) is 8.61. The van der Waals surface area contributed by atoms with Crippen LogP contribution in [0.1, 0.15) is 16.8 Å². The molecule has 3 aromatic rings. The summed E-state index contributed by atoms with van der Waals surface area (Å²) in [7, 11) is 0. The second kappa shape index (κ2) is 7.61. The van der Waals surface area contributed by atoms with E-state index in [9.17, 15) is 8.78 Å². The normalized spacial score (nSPS) is 10.7. The number of aromatic nitrogens is 2. The second-order valence-corrected chi connectivity index (χ2v) is 6.48. The van der Waals surface area contributed by atoms with Gasteiger partial charge in [-0.25, -0.2) is 13.8 Å². The summed E-state index contributed by atoms with van der Waals surface area (Å²) in [6, 6.07) is 13.2. The van der Waals surface area contributed by atoms with Gasteiger partial charge in [0.15, 0.2) is 5.16 Å². The molecule has 0 bridgehead atoms. The highest BCUT2D eigenvalue weighted by molar-refractivity contribution is 7.98. The quantitative estimate of drug-likeness (QED) is 0.448. The first-order chi connectivity index (χ1) is 12.0. The Morgan fingerprint density at radius 3 is 2.40 bits per heavy atom. The van der Waals surface area contributed by atoms with E-state index in [1.165, 1.54) is 18.2 Å². The van der Waals surface area contributed by atoms with Crippen LogP contribution in [0.3, 0.4) is 0 Å². The number of ether oxygens (including phenoxy) is 1. The molecule has 0 aliphatic heterocycles. The van der Waals surface area contributed by atoms with Gasteiger partial charge in [-0.15, -0.1) is 0 Å². The number of hydrogen-bond donors (Lipinski definition) is 0. The van der Waals surface area contributed by atoms with Crippen LogP contribution in [0.4, 0.5) is 8.78 Å². The van der Waals surface area contributed by atoms with Crippen molar-refractivity contribution in [1.82, 2.24) is 9.97 Å². The fraction of sp³-hybridized carbons (Fsp3) is 0.158. The first kappa shape index (κ1) is 17.4. The average Bonchev–Trinajstić information content (AvgIpc) is 2.54. The van der Waals surface area contributed by atoms with Gasteiger partial charge in [0.25, 0.3) is 0 Å². The van der Waals surface area contributed by atoms with Crippen molar-refractivity contribution in [2.45, 2.75) is 24.8 Å². The summed E-state index contributed by atoms with van der Waals surface area (Å²) in [5, 5.41) is 0.408. The number of thioether (sulfide) groups is 1. The van der Waals surface area contributed by atoms with Gasteiger partial charge in [-0.1, -0.05) is 30.0 Å². The van der Waals surface area contributed by atoms with E-state index in [-0.39, 0.29) is 11.3 Å². The molecule has 128 valence electrons. The maximum Gasteiger partial charge on any atom is 0.223 e. The highest BCUT2D eigenvalue weighted by Crippen LogP contribution is 2.27. The molecule has 1 aromatic heterocycles. The van der Waals surface area contributed by atoms with Gasteiger partial charge in [0.1, 0.15) is 17.4 Å². The van der Waals surface area contributed by atoms with E-state index in [0.29, 0.717) is 22.5 Å². The van der Waals surface area contributed by atoms with Gasteiger partial charge in [0.05, 0.1) is 0 Å². The molecule has 3 rings (SSSR count). The fourth-order valence-corrected chi connectivity index (χ4v) is 3.15. The molecule has 2 aromatic carbocycles. The third-order valence-electron chi connectivity index (χ3n) is 3.43. The number of benzene rings is 2. The maximum absolute atomic E-state index is 13.7. The standard InChI is InChI=1S/C19H16F2N2OS/c1-12-5-3-6-14(9-12)24-18-10-13(2)22-19(23-18)25-11-15-16(20)7-4-8-17(15)21/h3-10H,11H2,1-2H3. The van der Waals surface area contributed by atoms with Gasteiger partial charge in [-0.05, 0) is 43.7 Å². The zero-order valence-electron chi connectivity index (χ0n) is 13.8. The minimum Gasteiger partial charge on any atom is -0.439 e. The van der Waals surface area contributed by atoms with E-state index >= 15 is 0 Å². The molecule has 0 radical (unpaired) electrons. The Labute approximate surface area is 149 Å². The minimum atomic E-state index is -0.573. The summed E-state index contributed by atoms with van der Waals surface area (Å²) in [5.41, 5.74) is 1.81. The average molecular weight is 358 g/mol. The number of rotatable bonds is 5. The number of nitrogens with zero attached hydrogens (tertiary/aromatic N) is 2. The zero-order valence-corrected chi connectivity index (χ0v) is 14.6. The molecule has 3 nitrogen and oxygen atoms in total. The Balaban J connectivity index is 1.77. The van der Waals surface area contributed by atoms with Crippen LogP contribution >= 0.6 is 11.8 Å². The molecule has 1 heterocycles. The van der Waals surface area contributed by atoms with Gasteiger partial charge in [-0.2, -0.15) is 4.98 Å². The third kappa shape index (κ3) is 4.54. The molecule has 0 aliphatic rings. The predicted octanol–water partition coefficient (Wildman–Crippen LogP) is 5.46. The van der Waals surface area contributed by atoms with Crippen molar-refractivity contribution in [3.63, 3.8) is 0 Å². The monoisotopic (exact) mass is 358 g/mol. The lowest BCUT2D eigenvalue weighted by Crippen LogP contribution is -1.97. The Kier molecular flexibility index (Phi) is 5.28. The number of hydrogen-bond acceptors (Lipinski definition) is 4. The second-order valence-electron chi connectivity index (χ2n) is 5.54.